The first-order valence-corrected chi connectivity index (χ1v) is 16.5. The fourth-order valence-corrected chi connectivity index (χ4v) is 5.12. The summed E-state index contributed by atoms with van der Waals surface area (Å²) in [5.41, 5.74) is 0.401. The number of likely N-dealkylation sites (tertiary alicyclic amines) is 1. The molecule has 2 rings (SSSR count). The van der Waals surface area contributed by atoms with Crippen LogP contribution in [0.3, 0.4) is 0 Å². The van der Waals surface area contributed by atoms with Crippen molar-refractivity contribution in [3.8, 4) is 0 Å². The third-order valence-electron chi connectivity index (χ3n) is 7.73. The van der Waals surface area contributed by atoms with Crippen LogP contribution in [0.2, 0.25) is 0 Å². The van der Waals surface area contributed by atoms with Crippen LogP contribution in [0.5, 0.6) is 0 Å². The molecule has 4 N–H and O–H groups in total. The predicted molar refractivity (Wildman–Crippen MR) is 183 cm³/mol. The van der Waals surface area contributed by atoms with Crippen molar-refractivity contribution in [1.82, 2.24) is 31.1 Å². The molecule has 49 heavy (non-hydrogen) atoms. The average molecular weight is 685 g/mol. The Morgan fingerprint density at radius 3 is 2.18 bits per heavy atom. The number of Topliss-reactive ketones (excluding diaryl/α,β-unsaturated/α-hetero) is 1. The van der Waals surface area contributed by atoms with Gasteiger partial charge in [-0.2, -0.15) is 0 Å². The summed E-state index contributed by atoms with van der Waals surface area (Å²) < 4.78 is 5.22. The molecular weight excluding hydrogens is 632 g/mol. The van der Waals surface area contributed by atoms with Crippen LogP contribution in [0.25, 0.3) is 0 Å². The van der Waals surface area contributed by atoms with Gasteiger partial charge >= 0.3 is 6.09 Å². The van der Waals surface area contributed by atoms with Crippen LogP contribution in [-0.2, 0) is 33.5 Å². The summed E-state index contributed by atoms with van der Waals surface area (Å²) in [6, 6.07) is 4.27. The molecule has 14 nitrogen and oxygen atoms in total. The highest BCUT2D eigenvalue weighted by molar-refractivity contribution is 6.38. The molecule has 0 spiro atoms. The van der Waals surface area contributed by atoms with E-state index in [1.54, 1.807) is 72.1 Å². The Kier molecular flexibility index (Phi) is 15.0. The molecule has 0 aromatic heterocycles. The second kappa shape index (κ2) is 18.1. The molecule has 0 aliphatic carbocycles. The van der Waals surface area contributed by atoms with E-state index in [-0.39, 0.29) is 37.8 Å². The summed E-state index contributed by atoms with van der Waals surface area (Å²) in [4.78, 5) is 94.2. The second-order valence-electron chi connectivity index (χ2n) is 13.9. The van der Waals surface area contributed by atoms with E-state index in [0.29, 0.717) is 17.6 Å². The van der Waals surface area contributed by atoms with E-state index < -0.39 is 71.6 Å². The molecule has 4 unspecified atom stereocenters. The van der Waals surface area contributed by atoms with Crippen LogP contribution in [0.1, 0.15) is 72.4 Å². The lowest BCUT2D eigenvalue weighted by Gasteiger charge is -2.35. The van der Waals surface area contributed by atoms with Crippen LogP contribution < -0.4 is 21.3 Å². The van der Waals surface area contributed by atoms with Crippen molar-refractivity contribution in [3.63, 3.8) is 0 Å². The lowest BCUT2D eigenvalue weighted by molar-refractivity contribution is -0.144. The number of carbonyl (C=O) groups excluding carboxylic acids is 7. The first-order valence-electron chi connectivity index (χ1n) is 16.5. The van der Waals surface area contributed by atoms with Crippen molar-refractivity contribution < 1.29 is 38.3 Å². The Morgan fingerprint density at radius 1 is 1.00 bits per heavy atom. The molecule has 0 radical (unpaired) electrons. The SMILES string of the molecule is C=C1CC(C(=O)NC(CCC)C(=O)C(=O)NCC(=O)NC(C(=O)N(C)C)c2ccccc2)N(C(=O)C(NC(=O)OCC(C)C)C(C)(C)C)C1. The molecule has 6 amide bonds. The molecule has 1 aliphatic heterocycles. The Bertz CT molecular complexity index is 1390. The molecule has 14 heteroatoms. The van der Waals surface area contributed by atoms with Crippen LogP contribution >= 0.6 is 0 Å². The number of nitrogens with one attached hydrogen (secondary N) is 4. The van der Waals surface area contributed by atoms with Crippen LogP contribution in [-0.4, -0.2) is 103 Å². The van der Waals surface area contributed by atoms with Crippen molar-refractivity contribution in [2.45, 2.75) is 85.0 Å². The molecule has 270 valence electrons. The van der Waals surface area contributed by atoms with Gasteiger partial charge in [0, 0.05) is 20.6 Å². The molecule has 1 saturated heterocycles. The number of likely N-dealkylation sites (N-methyl/N-ethyl adjacent to an activating group) is 1. The monoisotopic (exact) mass is 684 g/mol. The summed E-state index contributed by atoms with van der Waals surface area (Å²) in [5.74, 6) is -4.23. The van der Waals surface area contributed by atoms with Gasteiger partial charge in [0.2, 0.25) is 29.4 Å². The zero-order chi connectivity index (χ0) is 37.1. The number of carbonyl (C=O) groups is 7. The average Bonchev–Trinajstić information content (AvgIpc) is 3.44. The molecule has 1 aliphatic rings. The standard InChI is InChI=1S/C35H52N6O8/c1-10-14-24(28(43)31(45)36-18-26(42)38-27(32(46)40(8)9)23-15-12-11-13-16-23)37-30(44)25-17-22(4)19-41(25)33(47)29(35(5,6)7)39-34(48)49-20-21(2)3/h11-13,15-16,21,24-25,27,29H,4,10,14,17-20H2,1-3,5-9H3,(H,36,45)(H,37,44)(H,38,42)(H,39,48). The Hall–Kier alpha value is -4.75. The minimum absolute atomic E-state index is 0.0640. The number of rotatable bonds is 15. The number of hydrogen-bond acceptors (Lipinski definition) is 8. The number of amides is 6. The van der Waals surface area contributed by atoms with E-state index in [4.69, 9.17) is 4.74 Å². The first-order chi connectivity index (χ1) is 22.9. The van der Waals surface area contributed by atoms with Crippen molar-refractivity contribution in [3.05, 3.63) is 48.0 Å². The van der Waals surface area contributed by atoms with Gasteiger partial charge in [-0.05, 0) is 29.7 Å². The van der Waals surface area contributed by atoms with E-state index in [0.717, 1.165) is 0 Å². The third kappa shape index (κ3) is 12.0. The maximum absolute atomic E-state index is 13.8. The summed E-state index contributed by atoms with van der Waals surface area (Å²) in [6.45, 7) is 14.4. The molecule has 4 atom stereocenters. The molecule has 0 saturated carbocycles. The number of ether oxygens (including phenoxy) is 1. The van der Waals surface area contributed by atoms with Gasteiger partial charge in [-0.1, -0.05) is 90.4 Å². The number of hydrogen-bond donors (Lipinski definition) is 4. The van der Waals surface area contributed by atoms with Crippen molar-refractivity contribution in [2.24, 2.45) is 11.3 Å². The molecular formula is C35H52N6O8. The van der Waals surface area contributed by atoms with Crippen molar-refractivity contribution >= 4 is 41.4 Å². The Labute approximate surface area is 288 Å². The fourth-order valence-electron chi connectivity index (χ4n) is 5.12. The third-order valence-corrected chi connectivity index (χ3v) is 7.73. The molecule has 1 fully saturated rings. The van der Waals surface area contributed by atoms with Gasteiger partial charge in [0.25, 0.3) is 5.91 Å². The van der Waals surface area contributed by atoms with Gasteiger partial charge in [0.05, 0.1) is 19.2 Å². The summed E-state index contributed by atoms with van der Waals surface area (Å²) >= 11 is 0. The van der Waals surface area contributed by atoms with Crippen LogP contribution in [0.4, 0.5) is 4.79 Å². The quantitative estimate of drug-likeness (QED) is 0.159. The van der Waals surface area contributed by atoms with Gasteiger partial charge in [-0.25, -0.2) is 4.79 Å². The van der Waals surface area contributed by atoms with E-state index in [2.05, 4.69) is 27.8 Å². The second-order valence-corrected chi connectivity index (χ2v) is 13.9. The fraction of sp³-hybridized carbons (Fsp3) is 0.571. The highest BCUT2D eigenvalue weighted by Gasteiger charge is 2.44. The van der Waals surface area contributed by atoms with Gasteiger partial charge < -0.3 is 35.8 Å². The van der Waals surface area contributed by atoms with Gasteiger partial charge in [-0.15, -0.1) is 0 Å². The number of nitrogens with zero attached hydrogens (tertiary/aromatic N) is 2. The minimum atomic E-state index is -1.23. The van der Waals surface area contributed by atoms with Crippen molar-refractivity contribution in [1.29, 1.82) is 0 Å². The summed E-state index contributed by atoms with van der Waals surface area (Å²) in [6.07, 6.45) is -0.0775. The highest BCUT2D eigenvalue weighted by atomic mass is 16.5. The van der Waals surface area contributed by atoms with E-state index in [1.165, 1.54) is 9.80 Å². The van der Waals surface area contributed by atoms with E-state index >= 15 is 0 Å². The molecule has 1 heterocycles. The number of ketones is 1. The lowest BCUT2D eigenvalue weighted by Crippen LogP contribution is -2.59. The zero-order valence-electron chi connectivity index (χ0n) is 29.9. The summed E-state index contributed by atoms with van der Waals surface area (Å²) in [5, 5.41) is 10.1. The Morgan fingerprint density at radius 2 is 1.63 bits per heavy atom. The van der Waals surface area contributed by atoms with Crippen LogP contribution in [0, 0.1) is 11.3 Å². The summed E-state index contributed by atoms with van der Waals surface area (Å²) in [7, 11) is 3.10. The van der Waals surface area contributed by atoms with E-state index in [1.807, 2.05) is 13.8 Å². The smallest absolute Gasteiger partial charge is 0.407 e. The van der Waals surface area contributed by atoms with Gasteiger partial charge in [-0.3, -0.25) is 28.8 Å². The Balaban J connectivity index is 2.12. The molecule has 1 aromatic rings. The number of benzene rings is 1. The van der Waals surface area contributed by atoms with Gasteiger partial charge in [0.15, 0.2) is 0 Å². The van der Waals surface area contributed by atoms with Gasteiger partial charge in [0.1, 0.15) is 18.1 Å². The molecule has 0 bridgehead atoms. The lowest BCUT2D eigenvalue weighted by atomic mass is 9.85. The van der Waals surface area contributed by atoms with Crippen molar-refractivity contribution in [2.75, 3.05) is 33.8 Å². The number of alkyl carbamates (subject to hydrolysis) is 1. The highest BCUT2D eigenvalue weighted by Crippen LogP contribution is 2.28. The first kappa shape index (κ1) is 40.4. The normalized spacial score (nSPS) is 16.2. The largest absolute Gasteiger partial charge is 0.449 e. The minimum Gasteiger partial charge on any atom is -0.449 e. The van der Waals surface area contributed by atoms with E-state index in [9.17, 15) is 33.6 Å². The zero-order valence-corrected chi connectivity index (χ0v) is 29.9. The molecule has 1 aromatic carbocycles. The van der Waals surface area contributed by atoms with Crippen LogP contribution in [0.15, 0.2) is 42.5 Å². The topological polar surface area (TPSA) is 183 Å². The predicted octanol–water partition coefficient (Wildman–Crippen LogP) is 1.86. The maximum Gasteiger partial charge on any atom is 0.407 e. The maximum atomic E-state index is 13.8.